The Labute approximate surface area is 742 Å². The Bertz CT molecular complexity index is 6380. The first-order valence-electron chi connectivity index (χ1n) is 38.1. The molecule has 124 heavy (non-hydrogen) atoms. The van der Waals surface area contributed by atoms with Crippen LogP contribution in [0.3, 0.4) is 0 Å². The van der Waals surface area contributed by atoms with Crippen molar-refractivity contribution in [1.29, 1.82) is 0 Å². The van der Waals surface area contributed by atoms with Gasteiger partial charge in [-0.1, -0.05) is 234 Å². The second-order valence-electron chi connectivity index (χ2n) is 27.7. The molecule has 10 aromatic carbocycles. The molecule has 626 valence electrons. The van der Waals surface area contributed by atoms with Gasteiger partial charge in [-0.2, -0.15) is 0 Å². The Kier molecular flexibility index (Phi) is 29.5. The molecule has 0 spiro atoms. The maximum Gasteiger partial charge on any atom is 0.297 e. The largest absolute Gasteiger partial charge is 0.392 e. The van der Waals surface area contributed by atoms with Crippen LogP contribution in [0.5, 0.6) is 0 Å². The van der Waals surface area contributed by atoms with Crippen LogP contribution in [-0.2, 0) is 52.2 Å². The first kappa shape index (κ1) is 88.3. The van der Waals surface area contributed by atoms with Gasteiger partial charge in [0.2, 0.25) is 23.2 Å². The number of imidazole rings is 2. The van der Waals surface area contributed by atoms with Crippen molar-refractivity contribution in [3.8, 4) is 0 Å². The second kappa shape index (κ2) is 41.4. The lowest BCUT2D eigenvalue weighted by Gasteiger charge is -2.28. The zero-order valence-electron chi connectivity index (χ0n) is 65.9. The summed E-state index contributed by atoms with van der Waals surface area (Å²) in [5, 5.41) is 26.8. The number of aliphatic hydroxyl groups is 1. The first-order chi connectivity index (χ1) is 60.0. The third-order valence-electron chi connectivity index (χ3n) is 19.3. The highest BCUT2D eigenvalue weighted by molar-refractivity contribution is 9.10. The Balaban J connectivity index is 0.000000133. The number of aromatic nitrogens is 13. The van der Waals surface area contributed by atoms with Gasteiger partial charge in [0.15, 0.2) is 29.1 Å². The smallest absolute Gasteiger partial charge is 0.297 e. The van der Waals surface area contributed by atoms with Gasteiger partial charge in [-0.3, -0.25) is 24.0 Å². The van der Waals surface area contributed by atoms with Gasteiger partial charge in [0.1, 0.15) is 19.0 Å². The van der Waals surface area contributed by atoms with Gasteiger partial charge in [0.25, 0.3) is 29.5 Å². The number of carbonyl (C=O) groups is 5. The lowest BCUT2D eigenvalue weighted by Crippen LogP contribution is -2.40. The molecule has 0 saturated heterocycles. The Hall–Kier alpha value is -13.4. The predicted molar refractivity (Wildman–Crippen MR) is 473 cm³/mol. The zero-order valence-corrected chi connectivity index (χ0v) is 71.3. The molecule has 0 bridgehead atoms. The van der Waals surface area contributed by atoms with E-state index in [4.69, 9.17) is 69.7 Å². The Morgan fingerprint density at radius 3 is 1.45 bits per heavy atom. The summed E-state index contributed by atoms with van der Waals surface area (Å²) in [6.07, 6.45) is 7.77. The molecule has 0 aliphatic carbocycles. The minimum Gasteiger partial charge on any atom is -0.392 e. The predicted octanol–water partition coefficient (Wildman–Crippen LogP) is 18.8. The van der Waals surface area contributed by atoms with Crippen molar-refractivity contribution < 1.29 is 42.3 Å². The van der Waals surface area contributed by atoms with Crippen LogP contribution in [0.15, 0.2) is 266 Å². The monoisotopic (exact) mass is 1830 g/mol. The van der Waals surface area contributed by atoms with Crippen molar-refractivity contribution >= 4 is 138 Å². The van der Waals surface area contributed by atoms with Crippen LogP contribution in [0.4, 0.5) is 47.3 Å². The molecule has 2 aliphatic rings. The van der Waals surface area contributed by atoms with Gasteiger partial charge >= 0.3 is 0 Å². The first-order valence-corrected chi connectivity index (χ1v) is 40.8. The standard InChI is InChI=1S/C20H18ClN3O.C19H16ClN3O.C18H16ClFN4O2.C17H11ClFN5O.C16H11BrClFN4O/c1-14-18(12-15-6-3-2-4-7-15)22-19-20(25)24(11-10-23(14)19)17-9-5-8-16(21)13-17;20-15-7-4-8-17(12-15)23-10-9-22-13-16(21-18(22)19(23)24)11-14-5-2-1-3-6-14;1-23(14-8-7-13(10-25)15(19)16(14)20)18(26)17-21-11-24(22-17)9-12-5-3-2-4-6-12;1-20-12-7-8-13(15(19)14(12)18)22-17(25)16-21-10-24(23-16)9-11-5-3-2-4-6-11;17-11-6-7-12(14(19)13(11)18)21-16(24)15-20-9-23(22-15)8-10-4-2-1-3-5-10/h2-9,13H,10-12H2,1H3;1-8,12-13H,9-11H2;2-8,11,25H,9-10H2,1H3;2-8,10H,9H2,(H,22,25);1-7,9H,8H2,(H,21,24). The molecular weight excluding hydrogens is 1760 g/mol. The van der Waals surface area contributed by atoms with E-state index in [0.29, 0.717) is 58.9 Å². The fourth-order valence-corrected chi connectivity index (χ4v) is 14.2. The molecule has 7 heterocycles. The Morgan fingerprint density at radius 1 is 0.508 bits per heavy atom. The fraction of sp³-hybridized carbons (Fsp3) is 0.133. The van der Waals surface area contributed by atoms with Crippen molar-refractivity contribution in [2.45, 2.75) is 59.1 Å². The lowest BCUT2D eigenvalue weighted by atomic mass is 10.1. The van der Waals surface area contributed by atoms with Crippen molar-refractivity contribution in [3.63, 3.8) is 0 Å². The average Bonchev–Trinajstić information content (AvgIpc) is 1.62. The number of nitrogens with zero attached hydrogens (tertiary/aromatic N) is 17. The third-order valence-corrected chi connectivity index (χ3v) is 21.8. The van der Waals surface area contributed by atoms with Crippen LogP contribution in [0.1, 0.15) is 104 Å². The molecule has 0 fully saturated rings. The molecule has 0 radical (unpaired) electrons. The number of hydrogen-bond donors (Lipinski definition) is 3. The summed E-state index contributed by atoms with van der Waals surface area (Å²) in [7, 11) is 1.41. The van der Waals surface area contributed by atoms with Crippen LogP contribution in [0.25, 0.3) is 4.85 Å². The van der Waals surface area contributed by atoms with Gasteiger partial charge in [-0.15, -0.1) is 15.3 Å². The van der Waals surface area contributed by atoms with Crippen LogP contribution in [0.2, 0.25) is 25.1 Å². The number of carbonyl (C=O) groups excluding carboxylic acids is 5. The van der Waals surface area contributed by atoms with Gasteiger partial charge in [-0.25, -0.2) is 57.0 Å². The number of anilines is 5. The van der Waals surface area contributed by atoms with Crippen LogP contribution >= 0.6 is 73.9 Å². The zero-order chi connectivity index (χ0) is 87.5. The highest BCUT2D eigenvalue weighted by Crippen LogP contribution is 2.35. The van der Waals surface area contributed by atoms with Gasteiger partial charge in [0, 0.05) is 83.9 Å². The summed E-state index contributed by atoms with van der Waals surface area (Å²) in [5.41, 5.74) is 10.0. The lowest BCUT2D eigenvalue weighted by molar-refractivity contribution is 0.0952. The molecule has 15 aromatic rings. The number of aliphatic hydroxyl groups excluding tert-OH is 1. The SMILES string of the molecule is CN(C(=O)c1ncn(Cc2ccccc2)n1)c1ccc(CO)c(Cl)c1F.Cc1c(Cc2ccccc2)nc2n1CCN(c1cccc(Cl)c1)C2=O.O=C(Nc1ccc(Br)c(Cl)c1F)c1ncn(Cc2ccccc2)n1.O=C1c2nc(Cc3ccccc3)cn2CCN1c1cccc(Cl)c1.[C-]#[N+]c1ccc(NC(=O)c2ncn(Cc3ccccc3)n2)c(F)c1Cl. The molecule has 0 unspecified atom stereocenters. The topological polar surface area (TPSA) is 271 Å². The van der Waals surface area contributed by atoms with Gasteiger partial charge < -0.3 is 39.6 Å². The van der Waals surface area contributed by atoms with E-state index in [1.54, 1.807) is 21.9 Å². The van der Waals surface area contributed by atoms with Crippen LogP contribution < -0.4 is 25.3 Å². The molecule has 34 heteroatoms. The van der Waals surface area contributed by atoms with E-state index < -0.39 is 35.2 Å². The highest BCUT2D eigenvalue weighted by atomic mass is 79.9. The summed E-state index contributed by atoms with van der Waals surface area (Å²) in [6, 6.07) is 72.3. The van der Waals surface area contributed by atoms with E-state index in [9.17, 15) is 37.1 Å². The molecule has 0 saturated carbocycles. The minimum absolute atomic E-state index is 0.0170. The van der Waals surface area contributed by atoms with Crippen LogP contribution in [-0.4, -0.2) is 118 Å². The third kappa shape index (κ3) is 22.1. The molecule has 3 N–H and O–H groups in total. The normalized spacial score (nSPS) is 11.9. The number of nitrogens with one attached hydrogen (secondary N) is 2. The number of benzene rings is 10. The number of fused-ring (bicyclic) bond motifs is 2. The molecule has 5 aromatic heterocycles. The molecule has 0 atom stereocenters. The molecule has 5 amide bonds. The van der Waals surface area contributed by atoms with E-state index in [-0.39, 0.29) is 79.3 Å². The van der Waals surface area contributed by atoms with Crippen molar-refractivity contribution in [2.24, 2.45) is 0 Å². The highest BCUT2D eigenvalue weighted by Gasteiger charge is 2.32. The van der Waals surface area contributed by atoms with E-state index >= 15 is 0 Å². The summed E-state index contributed by atoms with van der Waals surface area (Å²) in [4.78, 5) is 91.4. The maximum absolute atomic E-state index is 14.4. The van der Waals surface area contributed by atoms with Crippen LogP contribution in [0, 0.1) is 30.9 Å². The summed E-state index contributed by atoms with van der Waals surface area (Å²) < 4.78 is 51.4. The fourth-order valence-electron chi connectivity index (χ4n) is 13.0. The number of halogens is 9. The molecular formula is C90H72BrCl5F3N19O6. The average molecular weight is 1830 g/mol. The van der Waals surface area contributed by atoms with Crippen molar-refractivity contribution in [2.75, 3.05) is 45.5 Å². The van der Waals surface area contributed by atoms with E-state index in [0.717, 1.165) is 76.0 Å². The molecule has 25 nitrogen and oxygen atoms in total. The minimum atomic E-state index is -0.868. The summed E-state index contributed by atoms with van der Waals surface area (Å²) in [5.74, 6) is -3.57. The second-order valence-corrected chi connectivity index (χ2v) is 30.6. The van der Waals surface area contributed by atoms with Crippen molar-refractivity contribution in [3.05, 3.63) is 400 Å². The summed E-state index contributed by atoms with van der Waals surface area (Å²) >= 11 is 32.7. The summed E-state index contributed by atoms with van der Waals surface area (Å²) in [6.45, 7) is 12.7. The van der Waals surface area contributed by atoms with Gasteiger partial charge in [-0.05, 0) is 117 Å². The van der Waals surface area contributed by atoms with Gasteiger partial charge in [0.05, 0.1) is 76.3 Å². The molecule has 2 aliphatic heterocycles. The number of rotatable bonds is 19. The van der Waals surface area contributed by atoms with E-state index in [1.807, 2.05) is 192 Å². The number of amides is 5. The molecule has 17 rings (SSSR count). The van der Waals surface area contributed by atoms with E-state index in [2.05, 4.69) is 95.9 Å². The number of hydrogen-bond acceptors (Lipinski definition) is 14. The Morgan fingerprint density at radius 2 is 0.960 bits per heavy atom. The quantitative estimate of drug-likeness (QED) is 0.0502. The van der Waals surface area contributed by atoms with Crippen molar-refractivity contribution in [1.82, 2.24) is 63.4 Å². The maximum atomic E-state index is 14.4. The van der Waals surface area contributed by atoms with E-state index in [1.165, 1.54) is 81.5 Å².